The van der Waals surface area contributed by atoms with E-state index in [-0.39, 0.29) is 11.8 Å². The molecule has 4 nitrogen and oxygen atoms in total. The van der Waals surface area contributed by atoms with Crippen LogP contribution in [0.25, 0.3) is 0 Å². The third-order valence-corrected chi connectivity index (χ3v) is 3.65. The molecular formula is C16H22N2O2. The molecule has 2 N–H and O–H groups in total. The number of amides is 2. The van der Waals surface area contributed by atoms with Crippen molar-refractivity contribution in [3.05, 3.63) is 29.3 Å². The average molecular weight is 274 g/mol. The van der Waals surface area contributed by atoms with Crippen LogP contribution in [-0.2, 0) is 21.4 Å². The maximum absolute atomic E-state index is 11.9. The number of anilines is 1. The van der Waals surface area contributed by atoms with Gasteiger partial charge in [-0.25, -0.2) is 0 Å². The fourth-order valence-electron chi connectivity index (χ4n) is 2.29. The van der Waals surface area contributed by atoms with Crippen LogP contribution in [0, 0.1) is 5.92 Å². The molecule has 0 saturated carbocycles. The number of fused-ring (bicyclic) bond motifs is 1. The topological polar surface area (TPSA) is 58.2 Å². The van der Waals surface area contributed by atoms with Gasteiger partial charge in [0.15, 0.2) is 0 Å². The molecule has 1 aromatic rings. The molecule has 2 amide bonds. The molecular weight excluding hydrogens is 252 g/mol. The van der Waals surface area contributed by atoms with Crippen LogP contribution in [0.5, 0.6) is 0 Å². The molecule has 1 heterocycles. The maximum Gasteiger partial charge on any atom is 0.234 e. The second-order valence-electron chi connectivity index (χ2n) is 6.33. The van der Waals surface area contributed by atoms with E-state index >= 15 is 0 Å². The Morgan fingerprint density at radius 1 is 1.35 bits per heavy atom. The summed E-state index contributed by atoms with van der Waals surface area (Å²) in [6.45, 7) is 8.62. The molecule has 0 saturated heterocycles. The van der Waals surface area contributed by atoms with E-state index < -0.39 is 5.41 Å². The molecule has 0 aromatic heterocycles. The number of benzene rings is 1. The highest BCUT2D eigenvalue weighted by Gasteiger charge is 2.38. The van der Waals surface area contributed by atoms with Gasteiger partial charge in [-0.15, -0.1) is 0 Å². The van der Waals surface area contributed by atoms with Gasteiger partial charge < -0.3 is 10.6 Å². The number of carbonyl (C=O) groups excluding carboxylic acids is 2. The lowest BCUT2D eigenvalue weighted by Crippen LogP contribution is -2.29. The zero-order chi connectivity index (χ0) is 14.9. The minimum Gasteiger partial charge on any atom is -0.356 e. The molecule has 4 heteroatoms. The van der Waals surface area contributed by atoms with Gasteiger partial charge in [0.05, 0.1) is 11.8 Å². The molecule has 1 aliphatic rings. The highest BCUT2D eigenvalue weighted by Crippen LogP contribution is 2.37. The van der Waals surface area contributed by atoms with Gasteiger partial charge in [-0.05, 0) is 37.0 Å². The third-order valence-electron chi connectivity index (χ3n) is 3.65. The quantitative estimate of drug-likeness (QED) is 0.884. The first kappa shape index (κ1) is 14.6. The number of hydrogen-bond donors (Lipinski definition) is 2. The standard InChI is InChI=1S/C16H22N2O2/c1-10(2)9-17-14(19)8-11-5-6-13-12(7-11)16(3,4)15(20)18-13/h5-7,10H,8-9H2,1-4H3,(H,17,19)(H,18,20). The van der Waals surface area contributed by atoms with Crippen molar-refractivity contribution in [3.8, 4) is 0 Å². The molecule has 1 aromatic carbocycles. The summed E-state index contributed by atoms with van der Waals surface area (Å²) >= 11 is 0. The Kier molecular flexibility index (Phi) is 3.84. The van der Waals surface area contributed by atoms with Crippen LogP contribution in [0.3, 0.4) is 0 Å². The smallest absolute Gasteiger partial charge is 0.234 e. The molecule has 0 unspecified atom stereocenters. The number of carbonyl (C=O) groups is 2. The first-order valence-corrected chi connectivity index (χ1v) is 7.02. The van der Waals surface area contributed by atoms with Gasteiger partial charge in [0.25, 0.3) is 0 Å². The van der Waals surface area contributed by atoms with E-state index in [9.17, 15) is 9.59 Å². The molecule has 0 radical (unpaired) electrons. The number of rotatable bonds is 4. The van der Waals surface area contributed by atoms with E-state index in [1.807, 2.05) is 32.0 Å². The molecule has 1 aliphatic heterocycles. The Hall–Kier alpha value is -1.84. The summed E-state index contributed by atoms with van der Waals surface area (Å²) in [5.74, 6) is 0.474. The lowest BCUT2D eigenvalue weighted by Gasteiger charge is -2.16. The molecule has 0 spiro atoms. The van der Waals surface area contributed by atoms with Crippen LogP contribution in [-0.4, -0.2) is 18.4 Å². The molecule has 20 heavy (non-hydrogen) atoms. The van der Waals surface area contributed by atoms with Crippen LogP contribution in [0.15, 0.2) is 18.2 Å². The average Bonchev–Trinajstić information content (AvgIpc) is 2.59. The Morgan fingerprint density at radius 2 is 2.05 bits per heavy atom. The Labute approximate surface area is 119 Å². The zero-order valence-corrected chi connectivity index (χ0v) is 12.5. The van der Waals surface area contributed by atoms with E-state index in [0.717, 1.165) is 16.8 Å². The summed E-state index contributed by atoms with van der Waals surface area (Å²) in [4.78, 5) is 23.7. The highest BCUT2D eigenvalue weighted by atomic mass is 16.2. The van der Waals surface area contributed by atoms with Crippen LogP contribution >= 0.6 is 0 Å². The first-order chi connectivity index (χ1) is 9.30. The summed E-state index contributed by atoms with van der Waals surface area (Å²) in [6, 6.07) is 5.74. The van der Waals surface area contributed by atoms with E-state index in [1.54, 1.807) is 0 Å². The Bertz CT molecular complexity index is 547. The number of nitrogens with one attached hydrogen (secondary N) is 2. The number of hydrogen-bond acceptors (Lipinski definition) is 2. The first-order valence-electron chi connectivity index (χ1n) is 7.02. The van der Waals surface area contributed by atoms with E-state index in [2.05, 4.69) is 24.5 Å². The normalized spacial score (nSPS) is 15.9. The van der Waals surface area contributed by atoms with Crippen molar-refractivity contribution in [2.75, 3.05) is 11.9 Å². The maximum atomic E-state index is 11.9. The predicted octanol–water partition coefficient (Wildman–Crippen LogP) is 2.23. The molecule has 2 rings (SSSR count). The second kappa shape index (κ2) is 5.27. The summed E-state index contributed by atoms with van der Waals surface area (Å²) in [5, 5.41) is 5.78. The third kappa shape index (κ3) is 2.84. The fourth-order valence-corrected chi connectivity index (χ4v) is 2.29. The lowest BCUT2D eigenvalue weighted by molar-refractivity contribution is -0.120. The SMILES string of the molecule is CC(C)CNC(=O)Cc1ccc2c(c1)C(C)(C)C(=O)N2. The molecule has 0 atom stereocenters. The van der Waals surface area contributed by atoms with Gasteiger partial charge in [-0.2, -0.15) is 0 Å². The summed E-state index contributed by atoms with van der Waals surface area (Å²) < 4.78 is 0. The zero-order valence-electron chi connectivity index (χ0n) is 12.5. The molecule has 0 fully saturated rings. The highest BCUT2D eigenvalue weighted by molar-refractivity contribution is 6.05. The predicted molar refractivity (Wildman–Crippen MR) is 79.6 cm³/mol. The largest absolute Gasteiger partial charge is 0.356 e. The van der Waals surface area contributed by atoms with Gasteiger partial charge >= 0.3 is 0 Å². The summed E-state index contributed by atoms with van der Waals surface area (Å²) in [6.07, 6.45) is 0.351. The summed E-state index contributed by atoms with van der Waals surface area (Å²) in [5.41, 5.74) is 2.23. The van der Waals surface area contributed by atoms with Crippen molar-refractivity contribution >= 4 is 17.5 Å². The van der Waals surface area contributed by atoms with Crippen molar-refractivity contribution in [1.29, 1.82) is 0 Å². The van der Waals surface area contributed by atoms with Crippen LogP contribution in [0.4, 0.5) is 5.69 Å². The van der Waals surface area contributed by atoms with Crippen molar-refractivity contribution in [1.82, 2.24) is 5.32 Å². The monoisotopic (exact) mass is 274 g/mol. The minimum atomic E-state index is -0.528. The summed E-state index contributed by atoms with van der Waals surface area (Å²) in [7, 11) is 0. The van der Waals surface area contributed by atoms with Crippen LogP contribution < -0.4 is 10.6 Å². The molecule has 108 valence electrons. The van der Waals surface area contributed by atoms with Crippen molar-refractivity contribution in [3.63, 3.8) is 0 Å². The van der Waals surface area contributed by atoms with E-state index in [4.69, 9.17) is 0 Å². The molecule has 0 bridgehead atoms. The van der Waals surface area contributed by atoms with E-state index in [1.165, 1.54) is 0 Å². The van der Waals surface area contributed by atoms with Crippen molar-refractivity contribution in [2.24, 2.45) is 5.92 Å². The van der Waals surface area contributed by atoms with Gasteiger partial charge in [0.2, 0.25) is 11.8 Å². The molecule has 0 aliphatic carbocycles. The van der Waals surface area contributed by atoms with Gasteiger partial charge in [-0.1, -0.05) is 26.0 Å². The van der Waals surface area contributed by atoms with Crippen molar-refractivity contribution in [2.45, 2.75) is 39.5 Å². The van der Waals surface area contributed by atoms with E-state index in [0.29, 0.717) is 18.9 Å². The van der Waals surface area contributed by atoms with Gasteiger partial charge in [0.1, 0.15) is 0 Å². The second-order valence-corrected chi connectivity index (χ2v) is 6.33. The Balaban J connectivity index is 2.11. The Morgan fingerprint density at radius 3 is 2.70 bits per heavy atom. The minimum absolute atomic E-state index is 0.00825. The van der Waals surface area contributed by atoms with Gasteiger partial charge in [0, 0.05) is 12.2 Å². The van der Waals surface area contributed by atoms with Crippen LogP contribution in [0.2, 0.25) is 0 Å². The van der Waals surface area contributed by atoms with Crippen LogP contribution in [0.1, 0.15) is 38.8 Å². The van der Waals surface area contributed by atoms with Crippen molar-refractivity contribution < 1.29 is 9.59 Å². The fraction of sp³-hybridized carbons (Fsp3) is 0.500. The lowest BCUT2D eigenvalue weighted by atomic mass is 9.85. The van der Waals surface area contributed by atoms with Gasteiger partial charge in [-0.3, -0.25) is 9.59 Å².